The summed E-state index contributed by atoms with van der Waals surface area (Å²) in [5.41, 5.74) is 11.1. The standard InChI is InChI=1S/C50H50N4O2S2/c1-34-22-24-38(25-23-34)54-46(56)42-44(40-21-10-8-17-36(40)33-50(42)28-13-4-14-29-50)52-48(54)58-31-15-30-57-47-51-43-39-20-9-7-16-35(39)32-49(26-11-3-12-27-49)41(43)45(55)53(47)37-18-5-2-6-19-37/h2,5-10,16-25H,3-4,11-15,26-33H2,1H3. The van der Waals surface area contributed by atoms with Crippen LogP contribution in [0, 0.1) is 6.92 Å². The summed E-state index contributed by atoms with van der Waals surface area (Å²) in [6, 6.07) is 35.6. The summed E-state index contributed by atoms with van der Waals surface area (Å²) in [5, 5.41) is 1.48. The number of rotatable bonds is 8. The molecule has 58 heavy (non-hydrogen) atoms. The second-order valence-corrected chi connectivity index (χ2v) is 19.2. The molecule has 4 aliphatic rings. The van der Waals surface area contributed by atoms with Crippen LogP contribution in [0.15, 0.2) is 123 Å². The van der Waals surface area contributed by atoms with E-state index in [0.29, 0.717) is 0 Å². The third kappa shape index (κ3) is 6.51. The number of benzene rings is 4. The number of para-hydroxylation sites is 1. The molecule has 294 valence electrons. The molecule has 6 aromatic rings. The molecule has 0 amide bonds. The molecule has 8 heteroatoms. The lowest BCUT2D eigenvalue weighted by atomic mass is 9.62. The van der Waals surface area contributed by atoms with E-state index < -0.39 is 0 Å². The molecule has 2 saturated carbocycles. The van der Waals surface area contributed by atoms with Crippen LogP contribution in [-0.2, 0) is 23.7 Å². The van der Waals surface area contributed by atoms with Crippen molar-refractivity contribution in [1.29, 1.82) is 0 Å². The van der Waals surface area contributed by atoms with E-state index in [9.17, 15) is 4.79 Å². The van der Waals surface area contributed by atoms with Crippen LogP contribution in [-0.4, -0.2) is 30.6 Å². The Morgan fingerprint density at radius 2 is 0.966 bits per heavy atom. The molecule has 0 bridgehead atoms. The van der Waals surface area contributed by atoms with Crippen molar-refractivity contribution in [2.45, 2.75) is 112 Å². The van der Waals surface area contributed by atoms with Gasteiger partial charge in [0, 0.05) is 33.5 Å². The van der Waals surface area contributed by atoms with Crippen molar-refractivity contribution in [3.8, 4) is 33.9 Å². The quantitative estimate of drug-likeness (QED) is 0.0867. The van der Waals surface area contributed by atoms with E-state index in [1.54, 1.807) is 23.5 Å². The minimum absolute atomic E-state index is 0.0841. The van der Waals surface area contributed by atoms with Gasteiger partial charge in [-0.15, -0.1) is 0 Å². The molecule has 2 fully saturated rings. The summed E-state index contributed by atoms with van der Waals surface area (Å²) in [5.74, 6) is 1.53. The first-order valence-electron chi connectivity index (χ1n) is 21.3. The molecule has 0 unspecified atom stereocenters. The highest BCUT2D eigenvalue weighted by molar-refractivity contribution is 8.00. The van der Waals surface area contributed by atoms with Gasteiger partial charge in [0.2, 0.25) is 0 Å². The predicted molar refractivity (Wildman–Crippen MR) is 238 cm³/mol. The summed E-state index contributed by atoms with van der Waals surface area (Å²) in [6.45, 7) is 2.08. The minimum Gasteiger partial charge on any atom is -0.268 e. The number of aryl methyl sites for hydroxylation is 1. The smallest absolute Gasteiger partial charge is 0.263 e. The van der Waals surface area contributed by atoms with E-state index >= 15 is 4.79 Å². The number of hydrogen-bond donors (Lipinski definition) is 0. The number of thioether (sulfide) groups is 2. The highest BCUT2D eigenvalue weighted by Gasteiger charge is 2.45. The molecule has 4 aliphatic carbocycles. The molecule has 2 aromatic heterocycles. The average Bonchev–Trinajstić information content (AvgIpc) is 3.25. The van der Waals surface area contributed by atoms with Gasteiger partial charge in [0.1, 0.15) is 0 Å². The molecule has 6 nitrogen and oxygen atoms in total. The van der Waals surface area contributed by atoms with Crippen LogP contribution in [0.4, 0.5) is 0 Å². The summed E-state index contributed by atoms with van der Waals surface area (Å²) in [6.07, 6.45) is 13.8. The van der Waals surface area contributed by atoms with Crippen LogP contribution in [0.1, 0.15) is 98.4 Å². The van der Waals surface area contributed by atoms with Gasteiger partial charge in [0.05, 0.1) is 33.9 Å². The van der Waals surface area contributed by atoms with Gasteiger partial charge < -0.3 is 0 Å². The molecular formula is C50H50N4O2S2. The second kappa shape index (κ2) is 15.5. The summed E-state index contributed by atoms with van der Waals surface area (Å²) in [7, 11) is 0. The maximum atomic E-state index is 15.1. The van der Waals surface area contributed by atoms with Crippen LogP contribution < -0.4 is 11.1 Å². The van der Waals surface area contributed by atoms with Crippen molar-refractivity contribution >= 4 is 23.5 Å². The zero-order valence-corrected chi connectivity index (χ0v) is 35.0. The normalized spacial score (nSPS) is 17.3. The number of aromatic nitrogens is 4. The fourth-order valence-electron chi connectivity index (χ4n) is 10.7. The van der Waals surface area contributed by atoms with Crippen molar-refractivity contribution in [3.63, 3.8) is 0 Å². The zero-order valence-electron chi connectivity index (χ0n) is 33.3. The predicted octanol–water partition coefficient (Wildman–Crippen LogP) is 11.2. The Hall–Kier alpha value is -4.66. The SMILES string of the molecule is Cc1ccc(-n2c(SCCCSc3nc4c(c(=O)n3-c3ccccc3)C3(CCCCC3)Cc3ccccc3-4)nc3c(c2=O)C2(CCCCC2)Cc2ccccc2-3)cc1. The lowest BCUT2D eigenvalue weighted by Gasteiger charge is -2.42. The van der Waals surface area contributed by atoms with Crippen molar-refractivity contribution in [2.75, 3.05) is 11.5 Å². The van der Waals surface area contributed by atoms with Gasteiger partial charge in [-0.3, -0.25) is 18.7 Å². The van der Waals surface area contributed by atoms with Gasteiger partial charge >= 0.3 is 0 Å². The van der Waals surface area contributed by atoms with Crippen LogP contribution in [0.2, 0.25) is 0 Å². The Morgan fingerprint density at radius 1 is 0.534 bits per heavy atom. The van der Waals surface area contributed by atoms with Crippen molar-refractivity contribution in [3.05, 3.63) is 152 Å². The molecule has 0 radical (unpaired) electrons. The Labute approximate surface area is 349 Å². The first-order chi connectivity index (χ1) is 28.4. The summed E-state index contributed by atoms with van der Waals surface area (Å²) >= 11 is 3.32. The van der Waals surface area contributed by atoms with E-state index in [4.69, 9.17) is 9.97 Å². The van der Waals surface area contributed by atoms with Gasteiger partial charge in [-0.2, -0.15) is 0 Å². The molecule has 0 N–H and O–H groups in total. The van der Waals surface area contributed by atoms with E-state index in [0.717, 1.165) is 143 Å². The molecule has 4 aromatic carbocycles. The van der Waals surface area contributed by atoms with E-state index in [-0.39, 0.29) is 21.9 Å². The van der Waals surface area contributed by atoms with Crippen LogP contribution in [0.25, 0.3) is 33.9 Å². The van der Waals surface area contributed by atoms with Crippen molar-refractivity contribution < 1.29 is 0 Å². The van der Waals surface area contributed by atoms with E-state index in [2.05, 4.69) is 79.7 Å². The molecular weight excluding hydrogens is 753 g/mol. The Balaban J connectivity index is 0.995. The fourth-order valence-corrected chi connectivity index (χ4v) is 12.8. The van der Waals surface area contributed by atoms with Gasteiger partial charge in [-0.25, -0.2) is 9.97 Å². The largest absolute Gasteiger partial charge is 0.268 e. The monoisotopic (exact) mass is 802 g/mol. The zero-order chi connectivity index (χ0) is 39.3. The number of fused-ring (bicyclic) bond motifs is 8. The Morgan fingerprint density at radius 3 is 1.45 bits per heavy atom. The number of hydrogen-bond acceptors (Lipinski definition) is 6. The maximum absolute atomic E-state index is 15.1. The third-order valence-corrected chi connectivity index (χ3v) is 15.5. The topological polar surface area (TPSA) is 69.8 Å². The van der Waals surface area contributed by atoms with Gasteiger partial charge in [-0.1, -0.05) is 146 Å². The molecule has 2 heterocycles. The lowest BCUT2D eigenvalue weighted by molar-refractivity contribution is 0.283. The fraction of sp³-hybridized carbons (Fsp3) is 0.360. The van der Waals surface area contributed by atoms with Crippen LogP contribution in [0.3, 0.4) is 0 Å². The average molecular weight is 803 g/mol. The van der Waals surface area contributed by atoms with Crippen LogP contribution in [0.5, 0.6) is 0 Å². The summed E-state index contributed by atoms with van der Waals surface area (Å²) in [4.78, 5) is 41.0. The molecule has 2 spiro atoms. The summed E-state index contributed by atoms with van der Waals surface area (Å²) < 4.78 is 3.79. The lowest BCUT2D eigenvalue weighted by Crippen LogP contribution is -2.43. The van der Waals surface area contributed by atoms with E-state index in [1.165, 1.54) is 24.0 Å². The maximum Gasteiger partial charge on any atom is 0.263 e. The molecule has 0 atom stereocenters. The second-order valence-electron chi connectivity index (χ2n) is 17.1. The highest BCUT2D eigenvalue weighted by atomic mass is 32.2. The van der Waals surface area contributed by atoms with Crippen LogP contribution >= 0.6 is 23.5 Å². The number of nitrogens with zero attached hydrogens (tertiary/aromatic N) is 4. The first-order valence-corrected chi connectivity index (χ1v) is 23.3. The van der Waals surface area contributed by atoms with Gasteiger partial charge in [0.15, 0.2) is 10.3 Å². The molecule has 0 saturated heterocycles. The van der Waals surface area contributed by atoms with Gasteiger partial charge in [0.25, 0.3) is 11.1 Å². The third-order valence-electron chi connectivity index (χ3n) is 13.4. The van der Waals surface area contributed by atoms with Gasteiger partial charge in [-0.05, 0) is 87.3 Å². The van der Waals surface area contributed by atoms with E-state index in [1.807, 2.05) is 39.5 Å². The van der Waals surface area contributed by atoms with Crippen molar-refractivity contribution in [1.82, 2.24) is 19.1 Å². The molecule has 10 rings (SSSR count). The Bertz CT molecular complexity index is 2620. The Kier molecular flexibility index (Phi) is 10.0. The first kappa shape index (κ1) is 37.6. The minimum atomic E-state index is -0.175. The molecule has 0 aliphatic heterocycles. The highest BCUT2D eigenvalue weighted by Crippen LogP contribution is 2.50. The van der Waals surface area contributed by atoms with Crippen molar-refractivity contribution in [2.24, 2.45) is 0 Å².